The molecule has 2 aromatic carbocycles. The summed E-state index contributed by atoms with van der Waals surface area (Å²) in [6.45, 7) is 1.74. The molecule has 8 nitrogen and oxygen atoms in total. The standard InChI is InChI=1S/C32H32F5N5O3S/c1-19-18-46-28(39-19)17-42(3)31(45)23-11-21(29(33)34)10-22(12-23)30(44)40-26(9-20-7-5-4-6-8-20)27(43)16-41(2)25-13-24(14-38-15-25)32(35,36)37/h4-8,10-15,18,26-27,29,43H,9,16-17H2,1-3H3,(H,40,44)/t26-,27+/m0/s1. The number of nitrogens with one attached hydrogen (secondary N) is 1. The fourth-order valence-electron chi connectivity index (χ4n) is 4.71. The highest BCUT2D eigenvalue weighted by Gasteiger charge is 2.32. The van der Waals surface area contributed by atoms with E-state index >= 15 is 0 Å². The Bertz CT molecular complexity index is 1650. The van der Waals surface area contributed by atoms with Gasteiger partial charge in [-0.05, 0) is 43.2 Å². The predicted molar refractivity (Wildman–Crippen MR) is 164 cm³/mol. The lowest BCUT2D eigenvalue weighted by Crippen LogP contribution is -2.49. The third kappa shape index (κ3) is 9.07. The first-order chi connectivity index (χ1) is 21.7. The summed E-state index contributed by atoms with van der Waals surface area (Å²) in [5.41, 5.74) is -0.251. The van der Waals surface area contributed by atoms with E-state index in [-0.39, 0.29) is 36.3 Å². The Kier molecular flexibility index (Phi) is 11.1. The molecule has 0 aliphatic carbocycles. The van der Waals surface area contributed by atoms with Gasteiger partial charge < -0.3 is 20.2 Å². The van der Waals surface area contributed by atoms with Crippen molar-refractivity contribution >= 4 is 28.8 Å². The molecule has 46 heavy (non-hydrogen) atoms. The number of aromatic nitrogens is 2. The molecule has 0 saturated heterocycles. The van der Waals surface area contributed by atoms with E-state index in [0.717, 1.165) is 29.5 Å². The number of rotatable bonds is 12. The second-order valence-electron chi connectivity index (χ2n) is 10.8. The van der Waals surface area contributed by atoms with Crippen LogP contribution in [0.1, 0.15) is 54.5 Å². The van der Waals surface area contributed by atoms with Crippen molar-refractivity contribution in [3.05, 3.63) is 111 Å². The minimum atomic E-state index is -4.62. The van der Waals surface area contributed by atoms with Crippen molar-refractivity contribution in [2.75, 3.05) is 25.5 Å². The first kappa shape index (κ1) is 34.4. The van der Waals surface area contributed by atoms with Crippen molar-refractivity contribution in [1.82, 2.24) is 20.2 Å². The Balaban J connectivity index is 1.58. The Morgan fingerprint density at radius 2 is 1.72 bits per heavy atom. The van der Waals surface area contributed by atoms with Crippen LogP contribution in [0.4, 0.5) is 27.6 Å². The lowest BCUT2D eigenvalue weighted by molar-refractivity contribution is -0.137. The van der Waals surface area contributed by atoms with Crippen molar-refractivity contribution in [2.24, 2.45) is 0 Å². The number of nitrogens with zero attached hydrogens (tertiary/aromatic N) is 4. The van der Waals surface area contributed by atoms with Crippen molar-refractivity contribution in [3.8, 4) is 0 Å². The number of carbonyl (C=O) groups excluding carboxylic acids is 2. The average molecular weight is 662 g/mol. The van der Waals surface area contributed by atoms with E-state index in [1.807, 2.05) is 5.38 Å². The van der Waals surface area contributed by atoms with Crippen LogP contribution in [0.25, 0.3) is 0 Å². The Hall–Kier alpha value is -4.43. The largest absolute Gasteiger partial charge is 0.417 e. The van der Waals surface area contributed by atoms with E-state index in [9.17, 15) is 36.6 Å². The molecule has 4 aromatic rings. The summed E-state index contributed by atoms with van der Waals surface area (Å²) in [7, 11) is 2.96. The van der Waals surface area contributed by atoms with Gasteiger partial charge in [-0.1, -0.05) is 30.3 Å². The fourth-order valence-corrected chi connectivity index (χ4v) is 5.53. The molecule has 0 unspecified atom stereocenters. The SMILES string of the molecule is Cc1csc(CN(C)C(=O)c2cc(C(=O)N[C@@H](Cc3ccccc3)[C@H](O)CN(C)c3cncc(C(F)(F)F)c3)cc(C(F)F)c2)n1. The third-order valence-electron chi connectivity index (χ3n) is 7.13. The zero-order valence-corrected chi connectivity index (χ0v) is 25.9. The first-order valence-electron chi connectivity index (χ1n) is 14.1. The highest BCUT2D eigenvalue weighted by molar-refractivity contribution is 7.09. The van der Waals surface area contributed by atoms with Crippen molar-refractivity contribution in [1.29, 1.82) is 0 Å². The normalized spacial score (nSPS) is 12.9. The summed E-state index contributed by atoms with van der Waals surface area (Å²) in [5, 5.41) is 16.4. The molecule has 2 N–H and O–H groups in total. The van der Waals surface area contributed by atoms with Gasteiger partial charge in [0.15, 0.2) is 0 Å². The molecule has 0 bridgehead atoms. The maximum atomic E-state index is 13.9. The maximum absolute atomic E-state index is 13.9. The second-order valence-corrected chi connectivity index (χ2v) is 11.8. The summed E-state index contributed by atoms with van der Waals surface area (Å²) >= 11 is 1.35. The molecular formula is C32H32F5N5O3S. The zero-order valence-electron chi connectivity index (χ0n) is 25.1. The van der Waals surface area contributed by atoms with E-state index in [0.29, 0.717) is 11.2 Å². The molecule has 2 heterocycles. The summed E-state index contributed by atoms with van der Waals surface area (Å²) in [4.78, 5) is 37.4. The van der Waals surface area contributed by atoms with Crippen LogP contribution in [0.15, 0.2) is 72.4 Å². The molecule has 0 aliphatic rings. The minimum absolute atomic E-state index is 0.0866. The van der Waals surface area contributed by atoms with Gasteiger partial charge in [-0.3, -0.25) is 14.6 Å². The van der Waals surface area contributed by atoms with Crippen LogP contribution < -0.4 is 10.2 Å². The van der Waals surface area contributed by atoms with Crippen molar-refractivity contribution in [3.63, 3.8) is 0 Å². The Labute approximate surface area is 266 Å². The molecule has 2 amide bonds. The van der Waals surface area contributed by atoms with Crippen LogP contribution in [0, 0.1) is 6.92 Å². The van der Waals surface area contributed by atoms with Crippen LogP contribution in [0.2, 0.25) is 0 Å². The summed E-state index contributed by atoms with van der Waals surface area (Å²) < 4.78 is 67.5. The molecule has 2 atom stereocenters. The Morgan fingerprint density at radius 1 is 1.02 bits per heavy atom. The number of hydrogen-bond acceptors (Lipinski definition) is 7. The van der Waals surface area contributed by atoms with Gasteiger partial charge >= 0.3 is 6.18 Å². The highest BCUT2D eigenvalue weighted by Crippen LogP contribution is 2.31. The molecule has 0 aliphatic heterocycles. The van der Waals surface area contributed by atoms with Gasteiger partial charge in [0.05, 0.1) is 36.1 Å². The van der Waals surface area contributed by atoms with E-state index in [2.05, 4.69) is 15.3 Å². The predicted octanol–water partition coefficient (Wildman–Crippen LogP) is 5.91. The van der Waals surface area contributed by atoms with E-state index in [1.165, 1.54) is 47.5 Å². The second kappa shape index (κ2) is 14.8. The van der Waals surface area contributed by atoms with Gasteiger partial charge in [-0.15, -0.1) is 11.3 Å². The molecule has 4 rings (SSSR count). The maximum Gasteiger partial charge on any atom is 0.417 e. The summed E-state index contributed by atoms with van der Waals surface area (Å²) in [6, 6.07) is 11.9. The first-order valence-corrected chi connectivity index (χ1v) is 14.9. The Morgan fingerprint density at radius 3 is 2.35 bits per heavy atom. The van der Waals surface area contributed by atoms with Crippen LogP contribution in [0.5, 0.6) is 0 Å². The number of halogens is 5. The van der Waals surface area contributed by atoms with Gasteiger partial charge in [-0.2, -0.15) is 13.2 Å². The third-order valence-corrected chi connectivity index (χ3v) is 8.09. The number of aliphatic hydroxyl groups excluding tert-OH is 1. The average Bonchev–Trinajstić information content (AvgIpc) is 3.44. The molecule has 0 fully saturated rings. The smallest absolute Gasteiger partial charge is 0.389 e. The van der Waals surface area contributed by atoms with Gasteiger partial charge in [-0.25, -0.2) is 13.8 Å². The number of amides is 2. The lowest BCUT2D eigenvalue weighted by atomic mass is 9.99. The fraction of sp³-hybridized carbons (Fsp3) is 0.312. The molecule has 244 valence electrons. The van der Waals surface area contributed by atoms with Crippen LogP contribution in [0.3, 0.4) is 0 Å². The van der Waals surface area contributed by atoms with Crippen molar-refractivity contribution in [2.45, 2.75) is 44.6 Å². The number of aliphatic hydroxyl groups is 1. The van der Waals surface area contributed by atoms with Gasteiger partial charge in [0.25, 0.3) is 18.2 Å². The quantitative estimate of drug-likeness (QED) is 0.183. The number of anilines is 1. The van der Waals surface area contributed by atoms with Crippen LogP contribution in [-0.4, -0.2) is 64.6 Å². The zero-order chi connectivity index (χ0) is 33.6. The number of likely N-dealkylation sites (N-methyl/N-ethyl adjacent to an activating group) is 1. The summed E-state index contributed by atoms with van der Waals surface area (Å²) in [5.74, 6) is -1.42. The van der Waals surface area contributed by atoms with E-state index in [4.69, 9.17) is 0 Å². The minimum Gasteiger partial charge on any atom is -0.389 e. The van der Waals surface area contributed by atoms with E-state index < -0.39 is 47.7 Å². The molecule has 0 spiro atoms. The molecule has 0 radical (unpaired) electrons. The molecular weight excluding hydrogens is 629 g/mol. The molecule has 0 saturated carbocycles. The number of aryl methyl sites for hydroxylation is 1. The number of carbonyl (C=O) groups is 2. The highest BCUT2D eigenvalue weighted by atomic mass is 32.1. The van der Waals surface area contributed by atoms with Gasteiger partial charge in [0.1, 0.15) is 5.01 Å². The number of hydrogen-bond donors (Lipinski definition) is 2. The number of pyridine rings is 1. The monoisotopic (exact) mass is 661 g/mol. The van der Waals surface area contributed by atoms with Crippen LogP contribution in [-0.2, 0) is 19.1 Å². The number of benzene rings is 2. The molecule has 2 aromatic heterocycles. The topological polar surface area (TPSA) is 98.7 Å². The van der Waals surface area contributed by atoms with Crippen molar-refractivity contribution < 1.29 is 36.6 Å². The van der Waals surface area contributed by atoms with E-state index in [1.54, 1.807) is 37.3 Å². The number of thiazole rings is 1. The molecule has 14 heteroatoms. The van der Waals surface area contributed by atoms with Crippen LogP contribution >= 0.6 is 11.3 Å². The summed E-state index contributed by atoms with van der Waals surface area (Å²) in [6.07, 6.45) is -6.90. The number of alkyl halides is 5. The van der Waals surface area contributed by atoms with Gasteiger partial charge in [0, 0.05) is 54.6 Å². The van der Waals surface area contributed by atoms with Gasteiger partial charge in [0.2, 0.25) is 0 Å². The lowest BCUT2D eigenvalue weighted by Gasteiger charge is -2.29.